The number of ether oxygens (including phenoxy) is 2. The summed E-state index contributed by atoms with van der Waals surface area (Å²) in [6.45, 7) is -0.583. The first kappa shape index (κ1) is 19.4. The molecule has 2 saturated heterocycles. The number of aromatic nitrogens is 6. The van der Waals surface area contributed by atoms with Gasteiger partial charge >= 0.3 is 7.75 Å². The number of aromatic amines is 1. The molecular weight excluding hydrogens is 421 g/mol. The highest BCUT2D eigenvalue weighted by atomic mass is 31.2. The van der Waals surface area contributed by atoms with Crippen molar-refractivity contribution < 1.29 is 28.6 Å². The summed E-state index contributed by atoms with van der Waals surface area (Å²) in [6, 6.07) is 0. The second-order valence-corrected chi connectivity index (χ2v) is 8.82. The van der Waals surface area contributed by atoms with Crippen LogP contribution in [-0.2, 0) is 18.6 Å². The fraction of sp³-hybridized carbons (Fsp3) is 0.467. The molecule has 5 N–H and O–H groups in total. The number of nitrogen functional groups attached to an aromatic ring is 1. The first-order chi connectivity index (χ1) is 14.3. The maximum absolute atomic E-state index is 12.5. The Kier molecular flexibility index (Phi) is 4.32. The molecule has 15 heteroatoms. The Morgan fingerprint density at radius 2 is 2.30 bits per heavy atom. The number of aliphatic hydroxyl groups is 1. The molecule has 0 saturated carbocycles. The number of nitrogens with zero attached hydrogens (tertiary/aromatic N) is 5. The molecule has 0 amide bonds. The molecule has 5 atom stereocenters. The van der Waals surface area contributed by atoms with Crippen molar-refractivity contribution in [3.05, 3.63) is 35.4 Å². The number of nitrogens with one attached hydrogen (secondary N) is 1. The van der Waals surface area contributed by atoms with Crippen LogP contribution < -0.4 is 11.3 Å². The van der Waals surface area contributed by atoms with E-state index in [-0.39, 0.29) is 36.9 Å². The highest BCUT2D eigenvalue weighted by Crippen LogP contribution is 2.52. The van der Waals surface area contributed by atoms with E-state index in [2.05, 4.69) is 19.9 Å². The molecule has 2 bridgehead atoms. The molecule has 0 radical (unpaired) electrons. The average molecular weight is 439 g/mol. The topological polar surface area (TPSA) is 193 Å². The number of nitrogens with two attached hydrogens (primary N) is 1. The largest absolute Gasteiger partial charge is 0.437 e. The van der Waals surface area contributed by atoms with Crippen LogP contribution in [0.1, 0.15) is 6.23 Å². The van der Waals surface area contributed by atoms with Crippen LogP contribution in [-0.4, -0.2) is 70.4 Å². The van der Waals surface area contributed by atoms with Crippen LogP contribution in [0.2, 0.25) is 0 Å². The van der Waals surface area contributed by atoms with Crippen molar-refractivity contribution in [2.24, 2.45) is 5.92 Å². The van der Waals surface area contributed by atoms with E-state index >= 15 is 0 Å². The van der Waals surface area contributed by atoms with E-state index in [0.717, 1.165) is 4.34 Å². The molecule has 0 spiro atoms. The summed E-state index contributed by atoms with van der Waals surface area (Å²) in [5, 5.41) is 9.96. The zero-order valence-corrected chi connectivity index (χ0v) is 16.3. The number of hydrogen-bond donors (Lipinski definition) is 4. The molecule has 3 aromatic heterocycles. The lowest BCUT2D eigenvalue weighted by Crippen LogP contribution is -2.43. The minimum absolute atomic E-state index is 0.0477. The highest BCUT2D eigenvalue weighted by Gasteiger charge is 2.62. The standard InChI is InChI=1S/C15H18N7O7P/c16-14-19-11-9(12(24)20-14)18-7-22(11)13-10-8(3-23)15(29-13,4-27-10)5-28-30(25,26)21-2-1-17-6-21/h1-2,6-8,10,13,23H,3-5H2,(H,25,26)(H3,16,19,20,24)/t8?,10?,13-,15-/m1/s1. The highest BCUT2D eigenvalue weighted by molar-refractivity contribution is 7.51. The zero-order valence-electron chi connectivity index (χ0n) is 15.4. The van der Waals surface area contributed by atoms with E-state index in [9.17, 15) is 19.4 Å². The maximum Gasteiger partial charge on any atom is 0.437 e. The molecule has 2 fully saturated rings. The Hall–Kier alpha value is -2.61. The van der Waals surface area contributed by atoms with Gasteiger partial charge < -0.3 is 25.2 Å². The fourth-order valence-corrected chi connectivity index (χ4v) is 4.87. The van der Waals surface area contributed by atoms with Crippen LogP contribution in [0.3, 0.4) is 0 Å². The average Bonchev–Trinajstić information content (AvgIpc) is 3.47. The summed E-state index contributed by atoms with van der Waals surface area (Å²) in [4.78, 5) is 36.5. The summed E-state index contributed by atoms with van der Waals surface area (Å²) in [5.74, 6) is -0.640. The minimum Gasteiger partial charge on any atom is -0.396 e. The lowest BCUT2D eigenvalue weighted by atomic mass is 9.90. The Morgan fingerprint density at radius 1 is 1.47 bits per heavy atom. The second-order valence-electron chi connectivity index (χ2n) is 7.12. The van der Waals surface area contributed by atoms with Gasteiger partial charge in [-0.3, -0.25) is 18.9 Å². The molecule has 2 aliphatic rings. The number of rotatable bonds is 6. The third-order valence-electron chi connectivity index (χ3n) is 5.41. The molecule has 14 nitrogen and oxygen atoms in total. The Morgan fingerprint density at radius 3 is 3.03 bits per heavy atom. The fourth-order valence-electron chi connectivity index (χ4n) is 3.93. The Labute approximate surface area is 167 Å². The number of imidazole rings is 2. The van der Waals surface area contributed by atoms with Gasteiger partial charge in [0.25, 0.3) is 5.56 Å². The van der Waals surface area contributed by atoms with Crippen LogP contribution in [0.25, 0.3) is 11.2 Å². The number of hydrogen-bond acceptors (Lipinski definition) is 10. The second kappa shape index (κ2) is 6.70. The van der Waals surface area contributed by atoms with Gasteiger partial charge in [0.15, 0.2) is 17.4 Å². The molecule has 0 aromatic carbocycles. The van der Waals surface area contributed by atoms with Gasteiger partial charge in [0.2, 0.25) is 5.95 Å². The third kappa shape index (κ3) is 2.80. The molecule has 3 unspecified atom stereocenters. The van der Waals surface area contributed by atoms with E-state index in [1.807, 2.05) is 0 Å². The van der Waals surface area contributed by atoms with Gasteiger partial charge in [0, 0.05) is 18.3 Å². The smallest absolute Gasteiger partial charge is 0.396 e. The molecule has 0 aliphatic carbocycles. The predicted octanol–water partition coefficient (Wildman–Crippen LogP) is -1.16. The Bertz CT molecular complexity index is 1190. The van der Waals surface area contributed by atoms with Crippen molar-refractivity contribution in [2.45, 2.75) is 17.9 Å². The predicted molar refractivity (Wildman–Crippen MR) is 99.1 cm³/mol. The molecule has 5 heterocycles. The van der Waals surface area contributed by atoms with Crippen molar-refractivity contribution in [1.29, 1.82) is 0 Å². The minimum atomic E-state index is -4.21. The normalized spacial score (nSPS) is 30.1. The van der Waals surface area contributed by atoms with Crippen LogP contribution >= 0.6 is 7.75 Å². The lowest BCUT2D eigenvalue weighted by molar-refractivity contribution is -0.182. The van der Waals surface area contributed by atoms with E-state index < -0.39 is 37.2 Å². The van der Waals surface area contributed by atoms with Gasteiger partial charge in [0.1, 0.15) is 18.0 Å². The molecular formula is C15H18N7O7P. The maximum atomic E-state index is 12.5. The summed E-state index contributed by atoms with van der Waals surface area (Å²) in [5.41, 5.74) is 4.22. The van der Waals surface area contributed by atoms with Gasteiger partial charge in [-0.25, -0.2) is 18.9 Å². The molecule has 160 valence electrons. The third-order valence-corrected chi connectivity index (χ3v) is 6.70. The number of fused-ring (bicyclic) bond motifs is 3. The molecule has 30 heavy (non-hydrogen) atoms. The quantitative estimate of drug-likeness (QED) is 0.338. The molecule has 3 aromatic rings. The summed E-state index contributed by atoms with van der Waals surface area (Å²) >= 11 is 0. The number of H-pyrrole nitrogens is 1. The van der Waals surface area contributed by atoms with Crippen molar-refractivity contribution >= 4 is 24.9 Å². The SMILES string of the molecule is Nc1nc2c(ncn2[C@@H]2O[C@@]3(COP(=O)(O)n4ccnc4)COC2C3CO)c(=O)[nH]1. The first-order valence-corrected chi connectivity index (χ1v) is 10.5. The van der Waals surface area contributed by atoms with Crippen molar-refractivity contribution in [3.63, 3.8) is 0 Å². The van der Waals surface area contributed by atoms with Gasteiger partial charge in [-0.05, 0) is 0 Å². The van der Waals surface area contributed by atoms with Crippen molar-refractivity contribution in [2.75, 3.05) is 25.6 Å². The molecule has 2 aliphatic heterocycles. The van der Waals surface area contributed by atoms with Crippen LogP contribution in [0, 0.1) is 5.92 Å². The van der Waals surface area contributed by atoms with E-state index in [1.165, 1.54) is 29.6 Å². The van der Waals surface area contributed by atoms with Crippen LogP contribution in [0.4, 0.5) is 5.95 Å². The summed E-state index contributed by atoms with van der Waals surface area (Å²) in [6.07, 6.45) is 3.77. The van der Waals surface area contributed by atoms with E-state index in [1.54, 1.807) is 0 Å². The van der Waals surface area contributed by atoms with E-state index in [0.29, 0.717) is 0 Å². The Balaban J connectivity index is 1.46. The zero-order chi connectivity index (χ0) is 21.1. The van der Waals surface area contributed by atoms with Crippen molar-refractivity contribution in [1.82, 2.24) is 28.8 Å². The van der Waals surface area contributed by atoms with Gasteiger partial charge in [-0.15, -0.1) is 0 Å². The summed E-state index contributed by atoms with van der Waals surface area (Å²) in [7, 11) is -4.21. The van der Waals surface area contributed by atoms with Crippen LogP contribution in [0.15, 0.2) is 29.8 Å². The number of anilines is 1. The van der Waals surface area contributed by atoms with E-state index in [4.69, 9.17) is 19.7 Å². The summed E-state index contributed by atoms with van der Waals surface area (Å²) < 4.78 is 32.2. The molecule has 5 rings (SSSR count). The monoisotopic (exact) mass is 439 g/mol. The number of aliphatic hydroxyl groups excluding tert-OH is 1. The van der Waals surface area contributed by atoms with Gasteiger partial charge in [-0.2, -0.15) is 4.98 Å². The lowest BCUT2D eigenvalue weighted by Gasteiger charge is -2.32. The van der Waals surface area contributed by atoms with Crippen LogP contribution in [0.5, 0.6) is 0 Å². The van der Waals surface area contributed by atoms with Gasteiger partial charge in [0.05, 0.1) is 26.1 Å². The van der Waals surface area contributed by atoms with Crippen molar-refractivity contribution in [3.8, 4) is 0 Å². The first-order valence-electron chi connectivity index (χ1n) is 8.93. The van der Waals surface area contributed by atoms with Gasteiger partial charge in [-0.1, -0.05) is 0 Å².